The first-order valence-electron chi connectivity index (χ1n) is 7.69. The SMILES string of the molecule is CCCOc1ccc(OC2CC(Br)C2(CC)CC)cc1. The number of hydrogen-bond donors (Lipinski definition) is 0. The fourth-order valence-electron chi connectivity index (χ4n) is 3.01. The molecule has 1 aliphatic carbocycles. The minimum atomic E-state index is 0.289. The number of hydrogen-bond acceptors (Lipinski definition) is 2. The van der Waals surface area contributed by atoms with E-state index in [-0.39, 0.29) is 5.41 Å². The highest BCUT2D eigenvalue weighted by molar-refractivity contribution is 9.09. The summed E-state index contributed by atoms with van der Waals surface area (Å²) in [6, 6.07) is 8.02. The Hall–Kier alpha value is -0.700. The zero-order valence-corrected chi connectivity index (χ0v) is 14.3. The first-order valence-corrected chi connectivity index (χ1v) is 8.61. The van der Waals surface area contributed by atoms with Crippen LogP contribution < -0.4 is 9.47 Å². The van der Waals surface area contributed by atoms with Gasteiger partial charge in [0.1, 0.15) is 17.6 Å². The first-order chi connectivity index (χ1) is 9.66. The van der Waals surface area contributed by atoms with E-state index in [0.717, 1.165) is 43.8 Å². The van der Waals surface area contributed by atoms with Gasteiger partial charge in [-0.2, -0.15) is 0 Å². The van der Waals surface area contributed by atoms with Crippen LogP contribution in [0.15, 0.2) is 24.3 Å². The molecule has 1 aliphatic rings. The van der Waals surface area contributed by atoms with Crippen LogP contribution in [0.25, 0.3) is 0 Å². The summed E-state index contributed by atoms with van der Waals surface area (Å²) in [5.74, 6) is 1.87. The van der Waals surface area contributed by atoms with Gasteiger partial charge < -0.3 is 9.47 Å². The van der Waals surface area contributed by atoms with E-state index < -0.39 is 0 Å². The monoisotopic (exact) mass is 340 g/mol. The first kappa shape index (κ1) is 15.7. The smallest absolute Gasteiger partial charge is 0.120 e. The normalized spacial score (nSPS) is 24.0. The lowest BCUT2D eigenvalue weighted by molar-refractivity contribution is -0.0411. The Kier molecular flexibility index (Phi) is 5.36. The van der Waals surface area contributed by atoms with E-state index in [2.05, 4.69) is 36.7 Å². The summed E-state index contributed by atoms with van der Waals surface area (Å²) in [5, 5.41) is 0. The number of alkyl halides is 1. The highest BCUT2D eigenvalue weighted by atomic mass is 79.9. The second kappa shape index (κ2) is 6.84. The molecule has 0 N–H and O–H groups in total. The molecule has 0 aliphatic heterocycles. The van der Waals surface area contributed by atoms with Crippen molar-refractivity contribution in [2.24, 2.45) is 5.41 Å². The molecule has 0 heterocycles. The molecule has 0 aromatic heterocycles. The van der Waals surface area contributed by atoms with Crippen molar-refractivity contribution in [2.75, 3.05) is 6.61 Å². The molecular formula is C17H25BrO2. The van der Waals surface area contributed by atoms with Crippen molar-refractivity contribution in [3.63, 3.8) is 0 Å². The summed E-state index contributed by atoms with van der Waals surface area (Å²) < 4.78 is 11.8. The molecule has 2 atom stereocenters. The summed E-state index contributed by atoms with van der Waals surface area (Å²) in [4.78, 5) is 0.585. The molecule has 3 heteroatoms. The molecule has 1 fully saturated rings. The van der Waals surface area contributed by atoms with E-state index in [9.17, 15) is 0 Å². The van der Waals surface area contributed by atoms with Crippen LogP contribution in [0.1, 0.15) is 46.5 Å². The van der Waals surface area contributed by atoms with Crippen molar-refractivity contribution in [3.05, 3.63) is 24.3 Å². The minimum absolute atomic E-state index is 0.289. The minimum Gasteiger partial charge on any atom is -0.494 e. The fraction of sp³-hybridized carbons (Fsp3) is 0.647. The molecule has 2 rings (SSSR count). The van der Waals surface area contributed by atoms with Crippen LogP contribution in [0.2, 0.25) is 0 Å². The highest BCUT2D eigenvalue weighted by Gasteiger charge is 2.53. The van der Waals surface area contributed by atoms with E-state index in [4.69, 9.17) is 9.47 Å². The second-order valence-electron chi connectivity index (χ2n) is 5.57. The van der Waals surface area contributed by atoms with Gasteiger partial charge in [0.15, 0.2) is 0 Å². The number of halogens is 1. The van der Waals surface area contributed by atoms with Crippen LogP contribution in [-0.4, -0.2) is 17.5 Å². The summed E-state index contributed by atoms with van der Waals surface area (Å²) in [6.07, 6.45) is 4.76. The number of benzene rings is 1. The van der Waals surface area contributed by atoms with Crippen LogP contribution >= 0.6 is 15.9 Å². The molecule has 0 bridgehead atoms. The van der Waals surface area contributed by atoms with Gasteiger partial charge in [-0.3, -0.25) is 0 Å². The Labute approximate surface area is 131 Å². The molecule has 112 valence electrons. The van der Waals surface area contributed by atoms with Crippen LogP contribution in [-0.2, 0) is 0 Å². The number of rotatable bonds is 7. The molecule has 0 saturated heterocycles. The zero-order chi connectivity index (χ0) is 14.6. The van der Waals surface area contributed by atoms with Crippen LogP contribution in [0.3, 0.4) is 0 Å². The van der Waals surface area contributed by atoms with Gasteiger partial charge in [-0.1, -0.05) is 36.7 Å². The van der Waals surface area contributed by atoms with Crippen LogP contribution in [0.4, 0.5) is 0 Å². The predicted molar refractivity (Wildman–Crippen MR) is 87.0 cm³/mol. The van der Waals surface area contributed by atoms with Gasteiger partial charge in [-0.05, 0) is 49.9 Å². The Morgan fingerprint density at radius 1 is 1.10 bits per heavy atom. The van der Waals surface area contributed by atoms with Crippen molar-refractivity contribution >= 4 is 15.9 Å². The van der Waals surface area contributed by atoms with E-state index in [0.29, 0.717) is 10.9 Å². The van der Waals surface area contributed by atoms with Crippen molar-refractivity contribution in [3.8, 4) is 11.5 Å². The van der Waals surface area contributed by atoms with Gasteiger partial charge in [0.25, 0.3) is 0 Å². The predicted octanol–water partition coefficient (Wildman–Crippen LogP) is 5.20. The van der Waals surface area contributed by atoms with Gasteiger partial charge in [0, 0.05) is 10.2 Å². The Morgan fingerprint density at radius 3 is 2.20 bits per heavy atom. The molecule has 2 unspecified atom stereocenters. The zero-order valence-electron chi connectivity index (χ0n) is 12.7. The summed E-state index contributed by atoms with van der Waals surface area (Å²) in [6.45, 7) is 7.40. The molecule has 0 spiro atoms. The Bertz CT molecular complexity index is 412. The third-order valence-corrected chi connectivity index (χ3v) is 5.86. The maximum atomic E-state index is 6.19. The third kappa shape index (κ3) is 2.98. The number of ether oxygens (including phenoxy) is 2. The molecule has 20 heavy (non-hydrogen) atoms. The molecule has 1 aromatic rings. The van der Waals surface area contributed by atoms with Crippen LogP contribution in [0, 0.1) is 5.41 Å². The average molecular weight is 341 g/mol. The molecule has 2 nitrogen and oxygen atoms in total. The largest absolute Gasteiger partial charge is 0.494 e. The van der Waals surface area contributed by atoms with Gasteiger partial charge in [-0.15, -0.1) is 0 Å². The van der Waals surface area contributed by atoms with E-state index in [1.807, 2.05) is 24.3 Å². The second-order valence-corrected chi connectivity index (χ2v) is 6.68. The molecule has 1 saturated carbocycles. The lowest BCUT2D eigenvalue weighted by atomic mass is 9.62. The molecule has 0 radical (unpaired) electrons. The summed E-state index contributed by atoms with van der Waals surface area (Å²) >= 11 is 3.80. The topological polar surface area (TPSA) is 18.5 Å². The lowest BCUT2D eigenvalue weighted by Crippen LogP contribution is -2.56. The third-order valence-electron chi connectivity index (χ3n) is 4.58. The van der Waals surface area contributed by atoms with Gasteiger partial charge >= 0.3 is 0 Å². The van der Waals surface area contributed by atoms with E-state index >= 15 is 0 Å². The highest BCUT2D eigenvalue weighted by Crippen LogP contribution is 2.52. The van der Waals surface area contributed by atoms with Gasteiger partial charge in [0.05, 0.1) is 6.61 Å². The van der Waals surface area contributed by atoms with Crippen LogP contribution in [0.5, 0.6) is 11.5 Å². The maximum Gasteiger partial charge on any atom is 0.120 e. The fourth-order valence-corrected chi connectivity index (χ4v) is 4.29. The molecule has 1 aromatic carbocycles. The van der Waals surface area contributed by atoms with Crippen molar-refractivity contribution in [2.45, 2.75) is 57.4 Å². The van der Waals surface area contributed by atoms with E-state index in [1.54, 1.807) is 0 Å². The van der Waals surface area contributed by atoms with E-state index in [1.165, 1.54) is 0 Å². The maximum absolute atomic E-state index is 6.19. The molecular weight excluding hydrogens is 316 g/mol. The lowest BCUT2D eigenvalue weighted by Gasteiger charge is -2.52. The van der Waals surface area contributed by atoms with Crippen molar-refractivity contribution in [1.29, 1.82) is 0 Å². The standard InChI is InChI=1S/C17H25BrO2/c1-4-11-19-13-7-9-14(10-8-13)20-16-12-15(18)17(16,5-2)6-3/h7-10,15-16H,4-6,11-12H2,1-3H3. The Balaban J connectivity index is 1.97. The molecule has 0 amide bonds. The van der Waals surface area contributed by atoms with Crippen molar-refractivity contribution in [1.82, 2.24) is 0 Å². The summed E-state index contributed by atoms with van der Waals surface area (Å²) in [5.41, 5.74) is 0.289. The van der Waals surface area contributed by atoms with Crippen molar-refractivity contribution < 1.29 is 9.47 Å². The van der Waals surface area contributed by atoms with Gasteiger partial charge in [0.2, 0.25) is 0 Å². The quantitative estimate of drug-likeness (QED) is 0.635. The average Bonchev–Trinajstić information content (AvgIpc) is 2.47. The summed E-state index contributed by atoms with van der Waals surface area (Å²) in [7, 11) is 0. The van der Waals surface area contributed by atoms with Gasteiger partial charge in [-0.25, -0.2) is 0 Å². The Morgan fingerprint density at radius 2 is 1.70 bits per heavy atom.